The van der Waals surface area contributed by atoms with Crippen molar-refractivity contribution in [1.82, 2.24) is 20.0 Å². The SMILES string of the molecule is Nc1ncc(CN2CCOCC2c2noc(-c3ccccc3)n2)s1. The molecule has 0 radical (unpaired) electrons. The van der Waals surface area contributed by atoms with E-state index in [-0.39, 0.29) is 6.04 Å². The summed E-state index contributed by atoms with van der Waals surface area (Å²) in [5, 5.41) is 4.75. The number of hydrogen-bond acceptors (Lipinski definition) is 8. The van der Waals surface area contributed by atoms with Crippen molar-refractivity contribution in [1.29, 1.82) is 0 Å². The van der Waals surface area contributed by atoms with Crippen LogP contribution >= 0.6 is 11.3 Å². The van der Waals surface area contributed by atoms with E-state index in [9.17, 15) is 0 Å². The largest absolute Gasteiger partial charge is 0.378 e. The number of rotatable bonds is 4. The van der Waals surface area contributed by atoms with Crippen LogP contribution in [0.4, 0.5) is 5.13 Å². The highest BCUT2D eigenvalue weighted by atomic mass is 32.1. The van der Waals surface area contributed by atoms with Gasteiger partial charge in [0.1, 0.15) is 0 Å². The normalized spacial score (nSPS) is 18.8. The van der Waals surface area contributed by atoms with Crippen LogP contribution in [0.3, 0.4) is 0 Å². The molecule has 124 valence electrons. The second-order valence-electron chi connectivity index (χ2n) is 5.55. The minimum absolute atomic E-state index is 0.0386. The summed E-state index contributed by atoms with van der Waals surface area (Å²) >= 11 is 1.50. The van der Waals surface area contributed by atoms with E-state index < -0.39 is 0 Å². The molecule has 0 bridgehead atoms. The van der Waals surface area contributed by atoms with E-state index in [1.165, 1.54) is 11.3 Å². The van der Waals surface area contributed by atoms with Crippen molar-refractivity contribution in [3.05, 3.63) is 47.2 Å². The van der Waals surface area contributed by atoms with Gasteiger partial charge in [-0.2, -0.15) is 4.98 Å². The maximum absolute atomic E-state index is 5.72. The van der Waals surface area contributed by atoms with Gasteiger partial charge < -0.3 is 15.0 Å². The summed E-state index contributed by atoms with van der Waals surface area (Å²) in [5.41, 5.74) is 6.63. The van der Waals surface area contributed by atoms with Crippen LogP contribution in [-0.4, -0.2) is 39.8 Å². The smallest absolute Gasteiger partial charge is 0.257 e. The third kappa shape index (κ3) is 3.16. The van der Waals surface area contributed by atoms with E-state index in [1.807, 2.05) is 36.5 Å². The van der Waals surface area contributed by atoms with Crippen LogP contribution < -0.4 is 5.73 Å². The van der Waals surface area contributed by atoms with Gasteiger partial charge in [0, 0.05) is 29.7 Å². The van der Waals surface area contributed by atoms with Gasteiger partial charge in [-0.15, -0.1) is 11.3 Å². The fourth-order valence-electron chi connectivity index (χ4n) is 2.73. The Balaban J connectivity index is 1.55. The van der Waals surface area contributed by atoms with Gasteiger partial charge in [-0.3, -0.25) is 4.90 Å². The van der Waals surface area contributed by atoms with Crippen molar-refractivity contribution < 1.29 is 9.26 Å². The molecule has 7 nitrogen and oxygen atoms in total. The van der Waals surface area contributed by atoms with Crippen LogP contribution in [0.5, 0.6) is 0 Å². The van der Waals surface area contributed by atoms with E-state index in [1.54, 1.807) is 0 Å². The van der Waals surface area contributed by atoms with E-state index in [0.717, 1.165) is 23.5 Å². The quantitative estimate of drug-likeness (QED) is 0.777. The molecule has 1 fully saturated rings. The highest BCUT2D eigenvalue weighted by Crippen LogP contribution is 2.27. The summed E-state index contributed by atoms with van der Waals surface area (Å²) in [6.07, 6.45) is 1.82. The van der Waals surface area contributed by atoms with Gasteiger partial charge in [-0.25, -0.2) is 4.98 Å². The first-order valence-corrected chi connectivity index (χ1v) is 8.52. The Kier molecular flexibility index (Phi) is 4.24. The fourth-order valence-corrected chi connectivity index (χ4v) is 3.44. The van der Waals surface area contributed by atoms with Crippen molar-refractivity contribution in [3.63, 3.8) is 0 Å². The maximum atomic E-state index is 5.72. The molecule has 0 spiro atoms. The molecule has 0 saturated carbocycles. The van der Waals surface area contributed by atoms with Crippen molar-refractivity contribution in [3.8, 4) is 11.5 Å². The molecule has 0 amide bonds. The topological polar surface area (TPSA) is 90.3 Å². The highest BCUT2D eigenvalue weighted by Gasteiger charge is 2.29. The minimum atomic E-state index is -0.0386. The van der Waals surface area contributed by atoms with E-state index >= 15 is 0 Å². The van der Waals surface area contributed by atoms with Crippen molar-refractivity contribution >= 4 is 16.5 Å². The molecule has 24 heavy (non-hydrogen) atoms. The number of nitrogen functional groups attached to an aromatic ring is 1. The van der Waals surface area contributed by atoms with Crippen molar-refractivity contribution in [2.45, 2.75) is 12.6 Å². The van der Waals surface area contributed by atoms with Crippen LogP contribution in [0.25, 0.3) is 11.5 Å². The van der Waals surface area contributed by atoms with Gasteiger partial charge in [-0.05, 0) is 12.1 Å². The lowest BCUT2D eigenvalue weighted by Gasteiger charge is -2.33. The molecule has 1 atom stereocenters. The summed E-state index contributed by atoms with van der Waals surface area (Å²) in [4.78, 5) is 12.1. The van der Waals surface area contributed by atoms with Crippen molar-refractivity contribution in [2.24, 2.45) is 0 Å². The second-order valence-corrected chi connectivity index (χ2v) is 6.70. The predicted octanol–water partition coefficient (Wildman–Crippen LogP) is 2.35. The third-order valence-electron chi connectivity index (χ3n) is 3.93. The number of ether oxygens (including phenoxy) is 1. The first-order valence-electron chi connectivity index (χ1n) is 7.70. The molecule has 1 saturated heterocycles. The number of thiazole rings is 1. The molecule has 1 unspecified atom stereocenters. The monoisotopic (exact) mass is 343 g/mol. The predicted molar refractivity (Wildman–Crippen MR) is 90.2 cm³/mol. The van der Waals surface area contributed by atoms with Gasteiger partial charge in [-0.1, -0.05) is 23.4 Å². The molecule has 1 aliphatic rings. The lowest BCUT2D eigenvalue weighted by atomic mass is 10.2. The van der Waals surface area contributed by atoms with E-state index in [4.69, 9.17) is 15.0 Å². The van der Waals surface area contributed by atoms with Crippen LogP contribution in [0, 0.1) is 0 Å². The number of hydrogen-bond donors (Lipinski definition) is 1. The number of anilines is 1. The second kappa shape index (κ2) is 6.68. The van der Waals surface area contributed by atoms with Gasteiger partial charge in [0.2, 0.25) is 0 Å². The lowest BCUT2D eigenvalue weighted by molar-refractivity contribution is -0.0162. The standard InChI is InChI=1S/C16H17N5O2S/c17-16-18-8-12(24-16)9-21-6-7-22-10-13(21)14-19-15(23-20-14)11-4-2-1-3-5-11/h1-5,8,13H,6-7,9-10H2,(H2,17,18). The first-order chi connectivity index (χ1) is 11.8. The van der Waals surface area contributed by atoms with E-state index in [2.05, 4.69) is 20.0 Å². The molecular weight excluding hydrogens is 326 g/mol. The van der Waals surface area contributed by atoms with Gasteiger partial charge in [0.05, 0.1) is 19.3 Å². The number of benzene rings is 1. The van der Waals surface area contributed by atoms with Crippen LogP contribution in [-0.2, 0) is 11.3 Å². The molecule has 3 heterocycles. The van der Waals surface area contributed by atoms with Crippen molar-refractivity contribution in [2.75, 3.05) is 25.5 Å². The molecule has 2 aromatic heterocycles. The summed E-state index contributed by atoms with van der Waals surface area (Å²) in [5.74, 6) is 1.17. The first kappa shape index (κ1) is 15.3. The zero-order valence-corrected chi connectivity index (χ0v) is 13.8. The summed E-state index contributed by atoms with van der Waals surface area (Å²) < 4.78 is 11.1. The zero-order chi connectivity index (χ0) is 16.4. The Hall–Kier alpha value is -2.29. The Morgan fingerprint density at radius 3 is 2.96 bits per heavy atom. The molecule has 3 aromatic rings. The average molecular weight is 343 g/mol. The van der Waals surface area contributed by atoms with E-state index in [0.29, 0.717) is 30.1 Å². The summed E-state index contributed by atoms with van der Waals surface area (Å²) in [7, 11) is 0. The van der Waals surface area contributed by atoms with Crippen LogP contribution in [0.15, 0.2) is 41.1 Å². The number of nitrogens with two attached hydrogens (primary N) is 1. The molecule has 1 aromatic carbocycles. The Bertz CT molecular complexity index is 804. The average Bonchev–Trinajstić information content (AvgIpc) is 3.26. The molecule has 4 rings (SSSR count). The highest BCUT2D eigenvalue weighted by molar-refractivity contribution is 7.15. The Labute approximate surface area is 143 Å². The molecule has 0 aliphatic carbocycles. The molecular formula is C16H17N5O2S. The Morgan fingerprint density at radius 2 is 2.17 bits per heavy atom. The number of morpholine rings is 1. The van der Waals surface area contributed by atoms with Crippen LogP contribution in [0.1, 0.15) is 16.7 Å². The fraction of sp³-hybridized carbons (Fsp3) is 0.312. The number of nitrogens with zero attached hydrogens (tertiary/aromatic N) is 4. The molecule has 8 heteroatoms. The van der Waals surface area contributed by atoms with Gasteiger partial charge in [0.15, 0.2) is 11.0 Å². The maximum Gasteiger partial charge on any atom is 0.257 e. The summed E-state index contributed by atoms with van der Waals surface area (Å²) in [6, 6.07) is 9.72. The molecule has 1 aliphatic heterocycles. The zero-order valence-electron chi connectivity index (χ0n) is 13.0. The lowest BCUT2D eigenvalue weighted by Crippen LogP contribution is -2.39. The van der Waals surface area contributed by atoms with Gasteiger partial charge in [0.25, 0.3) is 5.89 Å². The van der Waals surface area contributed by atoms with Gasteiger partial charge >= 0.3 is 0 Å². The molecule has 2 N–H and O–H groups in total. The minimum Gasteiger partial charge on any atom is -0.378 e. The van der Waals surface area contributed by atoms with Crippen LogP contribution in [0.2, 0.25) is 0 Å². The number of aromatic nitrogens is 3. The summed E-state index contributed by atoms with van der Waals surface area (Å²) in [6.45, 7) is 2.78. The third-order valence-corrected chi connectivity index (χ3v) is 4.74. The Morgan fingerprint density at radius 1 is 1.29 bits per heavy atom.